The molecule has 0 aliphatic rings. The number of hydrogen-bond acceptors (Lipinski definition) is 2. The summed E-state index contributed by atoms with van der Waals surface area (Å²) in [5.41, 5.74) is 7.41. The van der Waals surface area contributed by atoms with Crippen LogP contribution in [0.15, 0.2) is 40.9 Å². The summed E-state index contributed by atoms with van der Waals surface area (Å²) in [7, 11) is 0. The standard InChI is InChI=1S/C14H12BrFN2O/c1-8-6-9(2-4-11(8)15)14(19)18-10-3-5-12(16)13(17)7-10/h2-7H,17H2,1H3,(H,18,19). The van der Waals surface area contributed by atoms with Crippen molar-refractivity contribution in [1.29, 1.82) is 0 Å². The lowest BCUT2D eigenvalue weighted by molar-refractivity contribution is 0.102. The molecule has 1 amide bonds. The second kappa shape index (κ2) is 5.40. The van der Waals surface area contributed by atoms with Gasteiger partial charge in [0.25, 0.3) is 5.91 Å². The summed E-state index contributed by atoms with van der Waals surface area (Å²) in [5.74, 6) is -0.765. The highest BCUT2D eigenvalue weighted by atomic mass is 79.9. The van der Waals surface area contributed by atoms with Crippen LogP contribution < -0.4 is 11.1 Å². The lowest BCUT2D eigenvalue weighted by atomic mass is 10.1. The minimum absolute atomic E-state index is 0.00443. The van der Waals surface area contributed by atoms with Gasteiger partial charge < -0.3 is 11.1 Å². The Kier molecular flexibility index (Phi) is 3.85. The summed E-state index contributed by atoms with van der Waals surface area (Å²) >= 11 is 3.37. The number of nitrogens with two attached hydrogens (primary N) is 1. The van der Waals surface area contributed by atoms with Gasteiger partial charge in [-0.3, -0.25) is 4.79 Å². The molecule has 0 radical (unpaired) electrons. The number of benzene rings is 2. The molecular formula is C14H12BrFN2O. The Bertz CT molecular complexity index is 643. The number of carbonyl (C=O) groups excluding carboxylic acids is 1. The van der Waals surface area contributed by atoms with E-state index in [1.807, 2.05) is 13.0 Å². The molecule has 3 N–H and O–H groups in total. The van der Waals surface area contributed by atoms with Crippen LogP contribution >= 0.6 is 15.9 Å². The number of aryl methyl sites for hydroxylation is 1. The predicted octanol–water partition coefficient (Wildman–Crippen LogP) is 3.73. The molecule has 0 aliphatic carbocycles. The highest BCUT2D eigenvalue weighted by molar-refractivity contribution is 9.10. The number of anilines is 2. The van der Waals surface area contributed by atoms with Crippen LogP contribution in [0.4, 0.5) is 15.8 Å². The second-order valence-electron chi connectivity index (χ2n) is 4.15. The Morgan fingerprint density at radius 3 is 2.63 bits per heavy atom. The Morgan fingerprint density at radius 1 is 1.26 bits per heavy atom. The van der Waals surface area contributed by atoms with Crippen molar-refractivity contribution in [2.45, 2.75) is 6.92 Å². The van der Waals surface area contributed by atoms with Gasteiger partial charge in [-0.2, -0.15) is 0 Å². The third kappa shape index (κ3) is 3.12. The minimum atomic E-state index is -0.502. The second-order valence-corrected chi connectivity index (χ2v) is 5.01. The van der Waals surface area contributed by atoms with Crippen molar-refractivity contribution in [3.63, 3.8) is 0 Å². The van der Waals surface area contributed by atoms with Crippen molar-refractivity contribution in [3.05, 3.63) is 57.8 Å². The Morgan fingerprint density at radius 2 is 2.00 bits per heavy atom. The predicted molar refractivity (Wildman–Crippen MR) is 77.6 cm³/mol. The maximum Gasteiger partial charge on any atom is 0.255 e. The molecule has 0 bridgehead atoms. The Labute approximate surface area is 118 Å². The molecule has 5 heteroatoms. The van der Waals surface area contributed by atoms with E-state index in [2.05, 4.69) is 21.2 Å². The zero-order chi connectivity index (χ0) is 14.0. The maximum atomic E-state index is 13.0. The molecule has 0 saturated heterocycles. The molecule has 0 unspecified atom stereocenters. The lowest BCUT2D eigenvalue weighted by Crippen LogP contribution is -2.12. The molecule has 2 rings (SSSR count). The van der Waals surface area contributed by atoms with E-state index in [4.69, 9.17) is 5.73 Å². The molecule has 19 heavy (non-hydrogen) atoms. The third-order valence-corrected chi connectivity index (χ3v) is 3.56. The molecule has 98 valence electrons. The molecule has 0 heterocycles. The molecule has 2 aromatic rings. The first-order valence-electron chi connectivity index (χ1n) is 5.60. The van der Waals surface area contributed by atoms with E-state index in [0.717, 1.165) is 10.0 Å². The van der Waals surface area contributed by atoms with E-state index in [1.165, 1.54) is 18.2 Å². The van der Waals surface area contributed by atoms with E-state index < -0.39 is 5.82 Å². The number of carbonyl (C=O) groups is 1. The van der Waals surface area contributed by atoms with E-state index in [0.29, 0.717) is 11.3 Å². The van der Waals surface area contributed by atoms with Gasteiger partial charge in [0.05, 0.1) is 5.69 Å². The van der Waals surface area contributed by atoms with Gasteiger partial charge in [0.15, 0.2) is 0 Å². The van der Waals surface area contributed by atoms with Gasteiger partial charge >= 0.3 is 0 Å². The van der Waals surface area contributed by atoms with Crippen LogP contribution in [0.3, 0.4) is 0 Å². The van der Waals surface area contributed by atoms with Gasteiger partial charge in [0.2, 0.25) is 0 Å². The van der Waals surface area contributed by atoms with Gasteiger partial charge in [0.1, 0.15) is 5.82 Å². The van der Waals surface area contributed by atoms with Crippen molar-refractivity contribution in [2.24, 2.45) is 0 Å². The topological polar surface area (TPSA) is 55.1 Å². The van der Waals surface area contributed by atoms with Crippen molar-refractivity contribution < 1.29 is 9.18 Å². The monoisotopic (exact) mass is 322 g/mol. The zero-order valence-electron chi connectivity index (χ0n) is 10.2. The summed E-state index contributed by atoms with van der Waals surface area (Å²) in [4.78, 5) is 12.0. The van der Waals surface area contributed by atoms with Crippen LogP contribution in [0.25, 0.3) is 0 Å². The molecular weight excluding hydrogens is 311 g/mol. The fraction of sp³-hybridized carbons (Fsp3) is 0.0714. The average molecular weight is 323 g/mol. The molecule has 0 aliphatic heterocycles. The number of nitrogen functional groups attached to an aromatic ring is 1. The lowest BCUT2D eigenvalue weighted by Gasteiger charge is -2.07. The van der Waals surface area contributed by atoms with Gasteiger partial charge in [-0.25, -0.2) is 4.39 Å². The maximum absolute atomic E-state index is 13.0. The first-order chi connectivity index (χ1) is 8.97. The SMILES string of the molecule is Cc1cc(C(=O)Nc2ccc(F)c(N)c2)ccc1Br. The highest BCUT2D eigenvalue weighted by Crippen LogP contribution is 2.20. The summed E-state index contributed by atoms with van der Waals surface area (Å²) in [6, 6.07) is 9.36. The number of halogens is 2. The first kappa shape index (κ1) is 13.5. The first-order valence-corrected chi connectivity index (χ1v) is 6.39. The fourth-order valence-corrected chi connectivity index (χ4v) is 1.86. The summed E-state index contributed by atoms with van der Waals surface area (Å²) in [6.07, 6.45) is 0. The van der Waals surface area contributed by atoms with Gasteiger partial charge in [-0.1, -0.05) is 15.9 Å². The number of hydrogen-bond donors (Lipinski definition) is 2. The van der Waals surface area contributed by atoms with Crippen molar-refractivity contribution in [1.82, 2.24) is 0 Å². The van der Waals surface area contributed by atoms with Gasteiger partial charge in [0, 0.05) is 15.7 Å². The molecule has 0 spiro atoms. The average Bonchev–Trinajstić information content (AvgIpc) is 2.37. The molecule has 3 nitrogen and oxygen atoms in total. The Hall–Kier alpha value is -1.88. The number of amides is 1. The van der Waals surface area contributed by atoms with Crippen LogP contribution in [0, 0.1) is 12.7 Å². The van der Waals surface area contributed by atoms with Gasteiger partial charge in [-0.05, 0) is 48.9 Å². The van der Waals surface area contributed by atoms with Crippen LogP contribution in [0.5, 0.6) is 0 Å². The smallest absolute Gasteiger partial charge is 0.255 e. The molecule has 0 aromatic heterocycles. The largest absolute Gasteiger partial charge is 0.396 e. The van der Waals surface area contributed by atoms with Crippen LogP contribution in [0.2, 0.25) is 0 Å². The molecule has 0 fully saturated rings. The quantitative estimate of drug-likeness (QED) is 0.828. The Balaban J connectivity index is 2.20. The molecule has 0 saturated carbocycles. The fourth-order valence-electron chi connectivity index (χ4n) is 1.61. The highest BCUT2D eigenvalue weighted by Gasteiger charge is 2.08. The van der Waals surface area contributed by atoms with Crippen LogP contribution in [0.1, 0.15) is 15.9 Å². The zero-order valence-corrected chi connectivity index (χ0v) is 11.8. The van der Waals surface area contributed by atoms with Crippen molar-refractivity contribution in [3.8, 4) is 0 Å². The number of rotatable bonds is 2. The van der Waals surface area contributed by atoms with E-state index in [-0.39, 0.29) is 11.6 Å². The van der Waals surface area contributed by atoms with Crippen molar-refractivity contribution in [2.75, 3.05) is 11.1 Å². The van der Waals surface area contributed by atoms with Crippen LogP contribution in [-0.4, -0.2) is 5.91 Å². The van der Waals surface area contributed by atoms with Crippen LogP contribution in [-0.2, 0) is 0 Å². The third-order valence-electron chi connectivity index (χ3n) is 2.67. The van der Waals surface area contributed by atoms with E-state index >= 15 is 0 Å². The molecule has 0 atom stereocenters. The van der Waals surface area contributed by atoms with E-state index in [9.17, 15) is 9.18 Å². The molecule has 2 aromatic carbocycles. The normalized spacial score (nSPS) is 10.3. The van der Waals surface area contributed by atoms with Crippen molar-refractivity contribution >= 4 is 33.2 Å². The summed E-state index contributed by atoms with van der Waals surface area (Å²) in [5, 5.41) is 2.67. The minimum Gasteiger partial charge on any atom is -0.396 e. The van der Waals surface area contributed by atoms with E-state index in [1.54, 1.807) is 12.1 Å². The summed E-state index contributed by atoms with van der Waals surface area (Å²) in [6.45, 7) is 1.90. The van der Waals surface area contributed by atoms with Gasteiger partial charge in [-0.15, -0.1) is 0 Å². The number of nitrogens with one attached hydrogen (secondary N) is 1. The summed E-state index contributed by atoms with van der Waals surface area (Å²) < 4.78 is 14.0.